The summed E-state index contributed by atoms with van der Waals surface area (Å²) >= 11 is 0. The highest BCUT2D eigenvalue weighted by Gasteiger charge is 2.40. The molecular weight excluding hydrogens is 395 g/mol. The van der Waals surface area contributed by atoms with Gasteiger partial charge in [-0.3, -0.25) is 9.48 Å². The van der Waals surface area contributed by atoms with E-state index in [1.165, 1.54) is 12.1 Å². The lowest BCUT2D eigenvalue weighted by atomic mass is 10.1. The highest BCUT2D eigenvalue weighted by atomic mass is 19.1. The van der Waals surface area contributed by atoms with E-state index < -0.39 is 0 Å². The van der Waals surface area contributed by atoms with Gasteiger partial charge in [-0.2, -0.15) is 5.10 Å². The van der Waals surface area contributed by atoms with Crippen LogP contribution < -0.4 is 15.1 Å². The molecule has 0 spiro atoms. The number of carbonyl (C=O) groups is 1. The van der Waals surface area contributed by atoms with Crippen molar-refractivity contribution in [1.82, 2.24) is 14.8 Å². The maximum atomic E-state index is 13.1. The fourth-order valence-corrected chi connectivity index (χ4v) is 4.57. The third kappa shape index (κ3) is 3.62. The first-order valence-electron chi connectivity index (χ1n) is 10.5. The number of hydrogen-bond acceptors (Lipinski definition) is 5. The molecule has 0 aliphatic carbocycles. The first kappa shape index (κ1) is 19.5. The number of aromatic nitrogens is 3. The Labute approximate surface area is 180 Å². The van der Waals surface area contributed by atoms with Gasteiger partial charge in [0, 0.05) is 38.0 Å². The molecule has 2 aliphatic heterocycles. The molecule has 2 aromatic heterocycles. The van der Waals surface area contributed by atoms with E-state index in [1.807, 2.05) is 37.1 Å². The molecule has 3 aromatic rings. The Morgan fingerprint density at radius 3 is 2.84 bits per heavy atom. The highest BCUT2D eigenvalue weighted by Crippen LogP contribution is 2.42. The van der Waals surface area contributed by atoms with Crippen LogP contribution in [-0.4, -0.2) is 40.3 Å². The number of halogens is 1. The SMILES string of the molecule is Cc1nc(NCc2cnn(Cc3ccc(F)cc3)c2)cc2c1N(C)C(=O)[C@@H]1CCCN21. The number of pyridine rings is 1. The number of likely N-dealkylation sites (N-methyl/N-ethyl adjacent to an activating group) is 1. The van der Waals surface area contributed by atoms with Crippen molar-refractivity contribution in [3.05, 3.63) is 65.4 Å². The molecule has 0 radical (unpaired) electrons. The molecule has 1 amide bonds. The highest BCUT2D eigenvalue weighted by molar-refractivity contribution is 6.06. The van der Waals surface area contributed by atoms with Crippen molar-refractivity contribution in [3.63, 3.8) is 0 Å². The first-order chi connectivity index (χ1) is 15.0. The van der Waals surface area contributed by atoms with Crippen molar-refractivity contribution >= 4 is 23.1 Å². The van der Waals surface area contributed by atoms with E-state index in [0.717, 1.165) is 53.4 Å². The molecule has 160 valence electrons. The molecule has 1 fully saturated rings. The summed E-state index contributed by atoms with van der Waals surface area (Å²) in [6.45, 7) is 4.03. The van der Waals surface area contributed by atoms with Crippen LogP contribution in [0.5, 0.6) is 0 Å². The summed E-state index contributed by atoms with van der Waals surface area (Å²) in [5.41, 5.74) is 4.85. The number of rotatable bonds is 5. The zero-order valence-corrected chi connectivity index (χ0v) is 17.7. The van der Waals surface area contributed by atoms with Crippen LogP contribution in [0.15, 0.2) is 42.7 Å². The van der Waals surface area contributed by atoms with Gasteiger partial charge in [-0.25, -0.2) is 9.37 Å². The molecule has 1 atom stereocenters. The lowest BCUT2D eigenvalue weighted by Crippen LogP contribution is -2.49. The maximum absolute atomic E-state index is 13.1. The largest absolute Gasteiger partial charge is 0.366 e. The topological polar surface area (TPSA) is 66.3 Å². The third-order valence-corrected chi connectivity index (χ3v) is 6.08. The van der Waals surface area contributed by atoms with Crippen LogP contribution in [0.3, 0.4) is 0 Å². The Morgan fingerprint density at radius 1 is 1.23 bits per heavy atom. The molecule has 8 heteroatoms. The van der Waals surface area contributed by atoms with E-state index in [9.17, 15) is 9.18 Å². The van der Waals surface area contributed by atoms with E-state index >= 15 is 0 Å². The molecule has 1 aromatic carbocycles. The Kier molecular flexibility index (Phi) is 4.84. The molecule has 0 unspecified atom stereocenters. The number of benzene rings is 1. The van der Waals surface area contributed by atoms with Gasteiger partial charge in [0.05, 0.1) is 29.8 Å². The number of amides is 1. The van der Waals surface area contributed by atoms with E-state index in [4.69, 9.17) is 0 Å². The number of nitrogens with zero attached hydrogens (tertiary/aromatic N) is 5. The number of carbonyl (C=O) groups excluding carboxylic acids is 1. The molecule has 5 rings (SSSR count). The quantitative estimate of drug-likeness (QED) is 0.686. The Hall–Kier alpha value is -3.42. The predicted octanol–water partition coefficient (Wildman–Crippen LogP) is 3.33. The minimum Gasteiger partial charge on any atom is -0.366 e. The van der Waals surface area contributed by atoms with Gasteiger partial charge in [0.15, 0.2) is 0 Å². The lowest BCUT2D eigenvalue weighted by molar-refractivity contribution is -0.119. The fraction of sp³-hybridized carbons (Fsp3) is 0.348. The summed E-state index contributed by atoms with van der Waals surface area (Å²) in [6.07, 6.45) is 5.73. The van der Waals surface area contributed by atoms with Gasteiger partial charge in [0.2, 0.25) is 5.91 Å². The third-order valence-electron chi connectivity index (χ3n) is 6.08. The minimum atomic E-state index is -0.238. The van der Waals surface area contributed by atoms with Gasteiger partial charge in [-0.1, -0.05) is 12.1 Å². The molecule has 1 saturated heterocycles. The van der Waals surface area contributed by atoms with E-state index in [2.05, 4.69) is 20.3 Å². The summed E-state index contributed by atoms with van der Waals surface area (Å²) in [4.78, 5) is 21.3. The predicted molar refractivity (Wildman–Crippen MR) is 118 cm³/mol. The Balaban J connectivity index is 1.31. The van der Waals surface area contributed by atoms with Crippen molar-refractivity contribution in [3.8, 4) is 0 Å². The van der Waals surface area contributed by atoms with Crippen molar-refractivity contribution < 1.29 is 9.18 Å². The monoisotopic (exact) mass is 420 g/mol. The Morgan fingerprint density at radius 2 is 2.03 bits per heavy atom. The number of hydrogen-bond donors (Lipinski definition) is 1. The van der Waals surface area contributed by atoms with Crippen LogP contribution in [0.1, 0.15) is 29.7 Å². The summed E-state index contributed by atoms with van der Waals surface area (Å²) < 4.78 is 14.9. The maximum Gasteiger partial charge on any atom is 0.249 e. The standard InChI is InChI=1S/C23H25FN6O/c1-15-22-20(30-9-3-4-19(30)23(31)28(22)2)10-21(27-15)25-11-17-12-26-29(14-17)13-16-5-7-18(24)8-6-16/h5-8,10,12,14,19H,3-4,9,11,13H2,1-2H3,(H,25,27)/t19-/m0/s1. The number of anilines is 3. The average Bonchev–Trinajstić information content (AvgIpc) is 3.42. The summed E-state index contributed by atoms with van der Waals surface area (Å²) in [5, 5.41) is 7.80. The van der Waals surface area contributed by atoms with Crippen molar-refractivity contribution in [2.75, 3.05) is 28.7 Å². The van der Waals surface area contributed by atoms with Crippen LogP contribution in [0.25, 0.3) is 0 Å². The van der Waals surface area contributed by atoms with Gasteiger partial charge in [-0.05, 0) is 37.5 Å². The zero-order valence-electron chi connectivity index (χ0n) is 17.7. The van der Waals surface area contributed by atoms with Gasteiger partial charge in [0.1, 0.15) is 17.7 Å². The van der Waals surface area contributed by atoms with E-state index in [0.29, 0.717) is 13.1 Å². The average molecular weight is 420 g/mol. The molecule has 1 N–H and O–H groups in total. The zero-order chi connectivity index (χ0) is 21.5. The number of fused-ring (bicyclic) bond motifs is 3. The van der Waals surface area contributed by atoms with Crippen LogP contribution >= 0.6 is 0 Å². The molecule has 31 heavy (non-hydrogen) atoms. The molecule has 2 aliphatic rings. The first-order valence-corrected chi connectivity index (χ1v) is 10.5. The second kappa shape index (κ2) is 7.68. The van der Waals surface area contributed by atoms with Crippen LogP contribution in [0, 0.1) is 12.7 Å². The van der Waals surface area contributed by atoms with Crippen LogP contribution in [-0.2, 0) is 17.9 Å². The second-order valence-electron chi connectivity index (χ2n) is 8.24. The Bertz CT molecular complexity index is 1130. The van der Waals surface area contributed by atoms with Gasteiger partial charge in [0.25, 0.3) is 0 Å². The minimum absolute atomic E-state index is 0.0585. The fourth-order valence-electron chi connectivity index (χ4n) is 4.57. The summed E-state index contributed by atoms with van der Waals surface area (Å²) in [5.74, 6) is 0.706. The van der Waals surface area contributed by atoms with E-state index in [-0.39, 0.29) is 17.8 Å². The number of nitrogens with one attached hydrogen (secondary N) is 1. The molecule has 0 saturated carbocycles. The van der Waals surface area contributed by atoms with Crippen LogP contribution in [0.2, 0.25) is 0 Å². The van der Waals surface area contributed by atoms with Crippen molar-refractivity contribution in [1.29, 1.82) is 0 Å². The smallest absolute Gasteiger partial charge is 0.249 e. The van der Waals surface area contributed by atoms with E-state index in [1.54, 1.807) is 17.0 Å². The van der Waals surface area contributed by atoms with Crippen molar-refractivity contribution in [2.24, 2.45) is 0 Å². The summed E-state index contributed by atoms with van der Waals surface area (Å²) in [7, 11) is 1.84. The molecule has 0 bridgehead atoms. The van der Waals surface area contributed by atoms with Crippen LogP contribution in [0.4, 0.5) is 21.6 Å². The normalized spacial score (nSPS) is 17.6. The van der Waals surface area contributed by atoms with Gasteiger partial charge < -0.3 is 15.1 Å². The van der Waals surface area contributed by atoms with Gasteiger partial charge >= 0.3 is 0 Å². The number of aryl methyl sites for hydroxylation is 1. The van der Waals surface area contributed by atoms with Gasteiger partial charge in [-0.15, -0.1) is 0 Å². The summed E-state index contributed by atoms with van der Waals surface area (Å²) in [6, 6.07) is 8.44. The molecular formula is C23H25FN6O. The molecule has 7 nitrogen and oxygen atoms in total. The van der Waals surface area contributed by atoms with Crippen molar-refractivity contribution in [2.45, 2.75) is 38.9 Å². The molecule has 4 heterocycles. The lowest BCUT2D eigenvalue weighted by Gasteiger charge is -2.38. The second-order valence-corrected chi connectivity index (χ2v) is 8.24.